The Hall–Kier alpha value is -1.31. The van der Waals surface area contributed by atoms with E-state index in [-0.39, 0.29) is 6.42 Å². The van der Waals surface area contributed by atoms with Crippen LogP contribution in [0.1, 0.15) is 69.4 Å². The standard InChI is InChI=1S/C18H26O2/c1-18(2)11-5-9-16(13-18)15-8-3-6-14(12-15)7-4-10-17(19)20/h3,6,8,12,16H,4-5,7,9-11,13H2,1-2H3,(H,19,20). The largest absolute Gasteiger partial charge is 0.481 e. The van der Waals surface area contributed by atoms with E-state index >= 15 is 0 Å². The van der Waals surface area contributed by atoms with Crippen molar-refractivity contribution in [1.29, 1.82) is 0 Å². The highest BCUT2D eigenvalue weighted by molar-refractivity contribution is 5.66. The van der Waals surface area contributed by atoms with Crippen LogP contribution in [0.25, 0.3) is 0 Å². The molecule has 2 nitrogen and oxygen atoms in total. The fourth-order valence-corrected chi connectivity index (χ4v) is 3.43. The Labute approximate surface area is 122 Å². The molecule has 0 saturated heterocycles. The van der Waals surface area contributed by atoms with Crippen LogP contribution in [0, 0.1) is 5.41 Å². The fourth-order valence-electron chi connectivity index (χ4n) is 3.43. The van der Waals surface area contributed by atoms with Gasteiger partial charge in [-0.25, -0.2) is 0 Å². The molecule has 0 amide bonds. The van der Waals surface area contributed by atoms with Crippen molar-refractivity contribution in [2.24, 2.45) is 5.41 Å². The Morgan fingerprint density at radius 3 is 2.90 bits per heavy atom. The lowest BCUT2D eigenvalue weighted by atomic mass is 9.70. The summed E-state index contributed by atoms with van der Waals surface area (Å²) in [6, 6.07) is 8.80. The van der Waals surface area contributed by atoms with Gasteiger partial charge >= 0.3 is 5.97 Å². The monoisotopic (exact) mass is 274 g/mol. The van der Waals surface area contributed by atoms with Crippen LogP contribution in [0.3, 0.4) is 0 Å². The van der Waals surface area contributed by atoms with Crippen molar-refractivity contribution in [3.05, 3.63) is 35.4 Å². The number of benzene rings is 1. The predicted octanol–water partition coefficient (Wildman–Crippen LogP) is 4.78. The molecular weight excluding hydrogens is 248 g/mol. The Kier molecular flexibility index (Phi) is 4.85. The summed E-state index contributed by atoms with van der Waals surface area (Å²) >= 11 is 0. The van der Waals surface area contributed by atoms with Gasteiger partial charge in [0.25, 0.3) is 0 Å². The predicted molar refractivity (Wildman–Crippen MR) is 82.0 cm³/mol. The molecule has 20 heavy (non-hydrogen) atoms. The van der Waals surface area contributed by atoms with Crippen LogP contribution in [-0.2, 0) is 11.2 Å². The molecule has 1 aliphatic rings. The van der Waals surface area contributed by atoms with Crippen LogP contribution in [0.4, 0.5) is 0 Å². The molecule has 0 heterocycles. The van der Waals surface area contributed by atoms with Crippen LogP contribution >= 0.6 is 0 Å². The number of hydrogen-bond donors (Lipinski definition) is 1. The van der Waals surface area contributed by atoms with Crippen LogP contribution in [0.5, 0.6) is 0 Å². The van der Waals surface area contributed by atoms with Gasteiger partial charge in [0.1, 0.15) is 0 Å². The maximum absolute atomic E-state index is 10.6. The van der Waals surface area contributed by atoms with Crippen LogP contribution in [0.15, 0.2) is 24.3 Å². The highest BCUT2D eigenvalue weighted by Crippen LogP contribution is 2.43. The molecule has 0 radical (unpaired) electrons. The highest BCUT2D eigenvalue weighted by Gasteiger charge is 2.28. The number of carboxylic acid groups (broad SMARTS) is 1. The molecule has 0 aliphatic heterocycles. The molecule has 2 rings (SSSR count). The summed E-state index contributed by atoms with van der Waals surface area (Å²) in [4.78, 5) is 10.6. The molecule has 1 aliphatic carbocycles. The van der Waals surface area contributed by atoms with E-state index in [0.717, 1.165) is 12.8 Å². The zero-order valence-corrected chi connectivity index (χ0v) is 12.7. The lowest BCUT2D eigenvalue weighted by molar-refractivity contribution is -0.137. The lowest BCUT2D eigenvalue weighted by Gasteiger charge is -2.35. The summed E-state index contributed by atoms with van der Waals surface area (Å²) in [7, 11) is 0. The molecule has 0 bridgehead atoms. The maximum Gasteiger partial charge on any atom is 0.303 e. The molecule has 1 N–H and O–H groups in total. The van der Waals surface area contributed by atoms with E-state index in [0.29, 0.717) is 11.3 Å². The first-order chi connectivity index (χ1) is 9.46. The number of aryl methyl sites for hydroxylation is 1. The number of carboxylic acids is 1. The minimum atomic E-state index is -0.699. The van der Waals surface area contributed by atoms with Gasteiger partial charge < -0.3 is 5.11 Å². The van der Waals surface area contributed by atoms with Gasteiger partial charge in [0, 0.05) is 6.42 Å². The van der Waals surface area contributed by atoms with Gasteiger partial charge in [0.15, 0.2) is 0 Å². The normalized spacial score (nSPS) is 21.6. The first-order valence-corrected chi connectivity index (χ1v) is 7.77. The van der Waals surface area contributed by atoms with Gasteiger partial charge in [-0.05, 0) is 54.6 Å². The Balaban J connectivity index is 2.00. The van der Waals surface area contributed by atoms with Crippen LogP contribution < -0.4 is 0 Å². The van der Waals surface area contributed by atoms with Gasteiger partial charge in [-0.1, -0.05) is 44.5 Å². The van der Waals surface area contributed by atoms with Crippen molar-refractivity contribution in [1.82, 2.24) is 0 Å². The van der Waals surface area contributed by atoms with Crippen molar-refractivity contribution < 1.29 is 9.90 Å². The molecule has 1 atom stereocenters. The zero-order chi connectivity index (χ0) is 14.6. The van der Waals surface area contributed by atoms with E-state index in [9.17, 15) is 4.79 Å². The van der Waals surface area contributed by atoms with Gasteiger partial charge in [0.2, 0.25) is 0 Å². The minimum Gasteiger partial charge on any atom is -0.481 e. The summed E-state index contributed by atoms with van der Waals surface area (Å²) < 4.78 is 0. The molecule has 0 aromatic heterocycles. The third kappa shape index (κ3) is 4.36. The molecule has 0 spiro atoms. The highest BCUT2D eigenvalue weighted by atomic mass is 16.4. The van der Waals surface area contributed by atoms with Gasteiger partial charge in [-0.15, -0.1) is 0 Å². The van der Waals surface area contributed by atoms with E-state index in [1.165, 1.54) is 36.8 Å². The van der Waals surface area contributed by atoms with Crippen LogP contribution in [-0.4, -0.2) is 11.1 Å². The van der Waals surface area contributed by atoms with Gasteiger partial charge in [-0.2, -0.15) is 0 Å². The summed E-state index contributed by atoms with van der Waals surface area (Å²) in [6.07, 6.45) is 7.09. The molecule has 1 aromatic carbocycles. The second-order valence-corrected chi connectivity index (χ2v) is 6.95. The second-order valence-electron chi connectivity index (χ2n) is 6.95. The topological polar surface area (TPSA) is 37.3 Å². The molecule has 2 heteroatoms. The Morgan fingerprint density at radius 1 is 1.40 bits per heavy atom. The molecule has 1 aromatic rings. The van der Waals surface area contributed by atoms with E-state index < -0.39 is 5.97 Å². The van der Waals surface area contributed by atoms with Crippen LogP contribution in [0.2, 0.25) is 0 Å². The average molecular weight is 274 g/mol. The molecule has 1 unspecified atom stereocenters. The number of rotatable bonds is 5. The van der Waals surface area contributed by atoms with Crippen molar-refractivity contribution in [3.63, 3.8) is 0 Å². The Bertz CT molecular complexity index is 462. The smallest absolute Gasteiger partial charge is 0.303 e. The van der Waals surface area contributed by atoms with E-state index in [1.54, 1.807) is 0 Å². The quantitative estimate of drug-likeness (QED) is 0.839. The van der Waals surface area contributed by atoms with Crippen molar-refractivity contribution >= 4 is 5.97 Å². The minimum absolute atomic E-state index is 0.265. The lowest BCUT2D eigenvalue weighted by Crippen LogP contribution is -2.21. The molecule has 1 fully saturated rings. The Morgan fingerprint density at radius 2 is 2.20 bits per heavy atom. The second kappa shape index (κ2) is 6.43. The van der Waals surface area contributed by atoms with Crippen molar-refractivity contribution in [2.45, 2.75) is 64.7 Å². The van der Waals surface area contributed by atoms with Crippen molar-refractivity contribution in [2.75, 3.05) is 0 Å². The SMILES string of the molecule is CC1(C)CCCC(c2cccc(CCCC(=O)O)c2)C1. The molecule has 110 valence electrons. The first-order valence-electron chi connectivity index (χ1n) is 7.77. The summed E-state index contributed by atoms with van der Waals surface area (Å²) in [5.41, 5.74) is 3.19. The maximum atomic E-state index is 10.6. The number of carbonyl (C=O) groups is 1. The van der Waals surface area contributed by atoms with Crippen molar-refractivity contribution in [3.8, 4) is 0 Å². The third-order valence-corrected chi connectivity index (χ3v) is 4.48. The number of hydrogen-bond acceptors (Lipinski definition) is 1. The summed E-state index contributed by atoms with van der Waals surface area (Å²) in [6.45, 7) is 4.74. The van der Waals surface area contributed by atoms with E-state index in [2.05, 4.69) is 38.1 Å². The van der Waals surface area contributed by atoms with E-state index in [4.69, 9.17) is 5.11 Å². The summed E-state index contributed by atoms with van der Waals surface area (Å²) in [5.74, 6) is -0.0200. The first kappa shape index (κ1) is 15.1. The zero-order valence-electron chi connectivity index (χ0n) is 12.7. The number of aliphatic carboxylic acids is 1. The molecule has 1 saturated carbocycles. The molecular formula is C18H26O2. The average Bonchev–Trinajstić information content (AvgIpc) is 2.37. The van der Waals surface area contributed by atoms with E-state index in [1.807, 2.05) is 0 Å². The fraction of sp³-hybridized carbons (Fsp3) is 0.611. The third-order valence-electron chi connectivity index (χ3n) is 4.48. The van der Waals surface area contributed by atoms with Gasteiger partial charge in [-0.3, -0.25) is 4.79 Å². The van der Waals surface area contributed by atoms with Gasteiger partial charge in [0.05, 0.1) is 0 Å². The summed E-state index contributed by atoms with van der Waals surface area (Å²) in [5, 5.41) is 8.71.